The second kappa shape index (κ2) is 5.73. The first-order valence-electron chi connectivity index (χ1n) is 7.83. The molecule has 4 rings (SSSR count). The van der Waals surface area contributed by atoms with E-state index in [-0.39, 0.29) is 16.6 Å². The molecule has 0 saturated carbocycles. The number of alkyl halides is 5. The zero-order valence-corrected chi connectivity index (χ0v) is 13.3. The van der Waals surface area contributed by atoms with E-state index in [0.29, 0.717) is 19.0 Å². The summed E-state index contributed by atoms with van der Waals surface area (Å²) in [6.45, 7) is 2.81. The number of aromatic nitrogens is 4. The Kier molecular flexibility index (Phi) is 3.72. The van der Waals surface area contributed by atoms with E-state index in [1.807, 2.05) is 4.90 Å². The Bertz CT molecular complexity index is 960. The van der Waals surface area contributed by atoms with E-state index in [0.717, 1.165) is 31.3 Å². The fourth-order valence-electron chi connectivity index (χ4n) is 2.97. The molecule has 3 aromatic rings. The summed E-state index contributed by atoms with van der Waals surface area (Å²) in [5, 5.41) is 7.34. The molecule has 0 atom stereocenters. The zero-order chi connectivity index (χ0) is 18.5. The van der Waals surface area contributed by atoms with Crippen molar-refractivity contribution in [1.29, 1.82) is 0 Å². The number of nitrogens with zero attached hydrogens (tertiary/aromatic N) is 5. The Morgan fingerprint density at radius 1 is 1.04 bits per heavy atom. The van der Waals surface area contributed by atoms with Crippen LogP contribution in [-0.4, -0.2) is 51.9 Å². The molecule has 0 aliphatic carbocycles. The number of benzene rings is 1. The van der Waals surface area contributed by atoms with Crippen LogP contribution in [0.3, 0.4) is 0 Å². The summed E-state index contributed by atoms with van der Waals surface area (Å²) in [5.41, 5.74) is -0.691. The maximum absolute atomic E-state index is 13.7. The molecule has 6 nitrogen and oxygen atoms in total. The Balaban J connectivity index is 1.90. The van der Waals surface area contributed by atoms with Crippen LogP contribution in [0.15, 0.2) is 24.5 Å². The van der Waals surface area contributed by atoms with Crippen molar-refractivity contribution in [1.82, 2.24) is 24.9 Å². The van der Waals surface area contributed by atoms with Gasteiger partial charge in [0.1, 0.15) is 6.33 Å². The van der Waals surface area contributed by atoms with E-state index < -0.39 is 17.7 Å². The first-order valence-corrected chi connectivity index (χ1v) is 7.83. The van der Waals surface area contributed by atoms with Gasteiger partial charge in [-0.2, -0.15) is 31.6 Å². The topological polar surface area (TPSA) is 58.4 Å². The summed E-state index contributed by atoms with van der Waals surface area (Å²) in [6, 6.07) is 2.68. The van der Waals surface area contributed by atoms with Gasteiger partial charge in [-0.3, -0.25) is 0 Å². The highest BCUT2D eigenvalue weighted by molar-refractivity contribution is 5.92. The molecule has 3 heterocycles. The molecule has 0 amide bonds. The number of nitrogens with one attached hydrogen (secondary N) is 1. The molecule has 0 bridgehead atoms. The minimum absolute atomic E-state index is 0.0859. The van der Waals surface area contributed by atoms with Gasteiger partial charge in [0.25, 0.3) is 0 Å². The second-order valence-corrected chi connectivity index (χ2v) is 5.95. The van der Waals surface area contributed by atoms with Crippen LogP contribution in [-0.2, 0) is 5.92 Å². The molecule has 1 aromatic carbocycles. The lowest BCUT2D eigenvalue weighted by atomic mass is 10.1. The van der Waals surface area contributed by atoms with Gasteiger partial charge in [0, 0.05) is 37.1 Å². The molecule has 0 radical (unpaired) electrons. The van der Waals surface area contributed by atoms with Gasteiger partial charge >= 0.3 is 12.1 Å². The second-order valence-electron chi connectivity index (χ2n) is 5.95. The summed E-state index contributed by atoms with van der Waals surface area (Å²) < 4.78 is 66.7. The maximum atomic E-state index is 13.7. The van der Waals surface area contributed by atoms with Gasteiger partial charge < -0.3 is 10.2 Å². The largest absolute Gasteiger partial charge is 0.458 e. The van der Waals surface area contributed by atoms with Crippen molar-refractivity contribution in [2.75, 3.05) is 31.1 Å². The van der Waals surface area contributed by atoms with Gasteiger partial charge in [0.2, 0.25) is 5.95 Å². The van der Waals surface area contributed by atoms with Gasteiger partial charge in [-0.25, -0.2) is 9.97 Å². The molecule has 1 saturated heterocycles. The molecule has 1 fully saturated rings. The Morgan fingerprint density at radius 3 is 2.46 bits per heavy atom. The highest BCUT2D eigenvalue weighted by atomic mass is 19.4. The summed E-state index contributed by atoms with van der Waals surface area (Å²) in [5.74, 6) is -4.49. The van der Waals surface area contributed by atoms with Crippen molar-refractivity contribution >= 4 is 22.5 Å². The Hall–Kier alpha value is -2.56. The molecule has 0 unspecified atom stereocenters. The van der Waals surface area contributed by atoms with Crippen LogP contribution in [0.5, 0.6) is 0 Å². The lowest BCUT2D eigenvalue weighted by Crippen LogP contribution is -2.44. The maximum Gasteiger partial charge on any atom is 0.458 e. The summed E-state index contributed by atoms with van der Waals surface area (Å²) in [4.78, 5) is 10.4. The lowest BCUT2D eigenvalue weighted by molar-refractivity contribution is -0.289. The average Bonchev–Trinajstić information content (AvgIpc) is 3.10. The van der Waals surface area contributed by atoms with Crippen LogP contribution >= 0.6 is 0 Å². The van der Waals surface area contributed by atoms with Crippen molar-refractivity contribution in [3.05, 3.63) is 30.1 Å². The fraction of sp³-hybridized carbons (Fsp3) is 0.400. The molecule has 1 aliphatic rings. The van der Waals surface area contributed by atoms with Gasteiger partial charge in [0.15, 0.2) is 5.65 Å². The molecule has 138 valence electrons. The molecule has 26 heavy (non-hydrogen) atoms. The molecule has 1 N–H and O–H groups in total. The van der Waals surface area contributed by atoms with Crippen molar-refractivity contribution in [3.8, 4) is 0 Å². The third-order valence-electron chi connectivity index (χ3n) is 4.31. The average molecular weight is 372 g/mol. The number of rotatable bonds is 2. The first-order chi connectivity index (χ1) is 12.3. The molecule has 1 aliphatic heterocycles. The molecular weight excluding hydrogens is 359 g/mol. The van der Waals surface area contributed by atoms with Crippen molar-refractivity contribution < 1.29 is 22.0 Å². The Morgan fingerprint density at radius 2 is 1.77 bits per heavy atom. The van der Waals surface area contributed by atoms with Gasteiger partial charge in [0.05, 0.1) is 5.52 Å². The third-order valence-corrected chi connectivity index (χ3v) is 4.31. The Labute approximate surface area is 143 Å². The van der Waals surface area contributed by atoms with Gasteiger partial charge in [-0.15, -0.1) is 0 Å². The highest BCUT2D eigenvalue weighted by Crippen LogP contribution is 2.44. The minimum atomic E-state index is -5.68. The predicted molar refractivity (Wildman–Crippen MR) is 83.3 cm³/mol. The van der Waals surface area contributed by atoms with Crippen LogP contribution in [0.1, 0.15) is 5.56 Å². The van der Waals surface area contributed by atoms with E-state index in [4.69, 9.17) is 0 Å². The van der Waals surface area contributed by atoms with Crippen molar-refractivity contribution in [3.63, 3.8) is 0 Å². The van der Waals surface area contributed by atoms with E-state index in [1.54, 1.807) is 0 Å². The number of fused-ring (bicyclic) bond motifs is 3. The number of hydrogen-bond donors (Lipinski definition) is 1. The monoisotopic (exact) mass is 372 g/mol. The van der Waals surface area contributed by atoms with Crippen LogP contribution in [0.4, 0.5) is 27.9 Å². The van der Waals surface area contributed by atoms with Crippen LogP contribution < -0.4 is 10.2 Å². The van der Waals surface area contributed by atoms with Crippen LogP contribution in [0.25, 0.3) is 16.6 Å². The van der Waals surface area contributed by atoms with Crippen LogP contribution in [0.2, 0.25) is 0 Å². The highest BCUT2D eigenvalue weighted by Gasteiger charge is 2.58. The normalized spacial score (nSPS) is 16.6. The summed E-state index contributed by atoms with van der Waals surface area (Å²) >= 11 is 0. The zero-order valence-electron chi connectivity index (χ0n) is 13.3. The third kappa shape index (κ3) is 2.54. The number of halogens is 5. The SMILES string of the molecule is FC(F)(F)C(F)(F)c1ccc2nc(N3CCNCC3)n3ncnc3c2c1. The van der Waals surface area contributed by atoms with Gasteiger partial charge in [-0.1, -0.05) is 6.07 Å². The molecule has 0 spiro atoms. The van der Waals surface area contributed by atoms with E-state index in [9.17, 15) is 22.0 Å². The van der Waals surface area contributed by atoms with Gasteiger partial charge in [-0.05, 0) is 12.1 Å². The standard InChI is InChI=1S/C15H13F5N6/c16-14(17,15(18,19)20)9-1-2-11-10(7-9)12-22-8-23-26(12)13(24-11)25-5-3-21-4-6-25/h1-2,7-8,21H,3-6H2. The molecule has 11 heteroatoms. The van der Waals surface area contributed by atoms with E-state index in [1.165, 1.54) is 10.8 Å². The van der Waals surface area contributed by atoms with Crippen LogP contribution in [0, 0.1) is 0 Å². The molecular formula is C15H13F5N6. The van der Waals surface area contributed by atoms with E-state index in [2.05, 4.69) is 20.4 Å². The quantitative estimate of drug-likeness (QED) is 0.700. The van der Waals surface area contributed by atoms with Crippen molar-refractivity contribution in [2.24, 2.45) is 0 Å². The molecule has 2 aromatic heterocycles. The number of hydrogen-bond acceptors (Lipinski definition) is 5. The summed E-state index contributed by atoms with van der Waals surface area (Å²) in [6.07, 6.45) is -4.46. The minimum Gasteiger partial charge on any atom is -0.338 e. The van der Waals surface area contributed by atoms with E-state index >= 15 is 0 Å². The fourth-order valence-corrected chi connectivity index (χ4v) is 2.97. The van der Waals surface area contributed by atoms with Crippen molar-refractivity contribution in [2.45, 2.75) is 12.1 Å². The summed E-state index contributed by atoms with van der Waals surface area (Å²) in [7, 11) is 0. The first kappa shape index (κ1) is 16.9. The lowest BCUT2D eigenvalue weighted by Gasteiger charge is -2.28. The number of piperazine rings is 1. The smallest absolute Gasteiger partial charge is 0.338 e. The number of anilines is 1. The predicted octanol–water partition coefficient (Wildman–Crippen LogP) is 2.34.